The van der Waals surface area contributed by atoms with Crippen molar-refractivity contribution in [1.82, 2.24) is 20.4 Å². The molecule has 0 spiro atoms. The molecule has 0 unspecified atom stereocenters. The van der Waals surface area contributed by atoms with E-state index in [1.165, 1.54) is 11.1 Å². The molecular weight excluding hydrogens is 544 g/mol. The average Bonchev–Trinajstić information content (AvgIpc) is 3.75. The van der Waals surface area contributed by atoms with Crippen LogP contribution in [-0.2, 0) is 6.42 Å². The molecule has 0 amide bonds. The smallest absolute Gasteiger partial charge is 0.248 e. The van der Waals surface area contributed by atoms with E-state index < -0.39 is 0 Å². The van der Waals surface area contributed by atoms with Crippen LogP contribution < -0.4 is 0 Å². The molecule has 0 N–H and O–H groups in total. The van der Waals surface area contributed by atoms with Crippen LogP contribution in [0.3, 0.4) is 0 Å². The van der Waals surface area contributed by atoms with Gasteiger partial charge >= 0.3 is 0 Å². The molecule has 0 bridgehead atoms. The van der Waals surface area contributed by atoms with Gasteiger partial charge in [-0.25, -0.2) is 0 Å². The number of aromatic nitrogens is 4. The zero-order chi connectivity index (χ0) is 29.6. The minimum atomic E-state index is 0.505. The predicted octanol–water partition coefficient (Wildman–Crippen LogP) is 9.52. The first-order valence-corrected chi connectivity index (χ1v) is 14.8. The van der Waals surface area contributed by atoms with Crippen molar-refractivity contribution >= 4 is 16.8 Å². The SMILES string of the molecule is Cc1cc(-c2ccc(-c3nnc(-c4cccc5ccccc45)o3)c(C)c2)ccc1-c1nnc(-c2cccc3c2C=CCC3)o1. The van der Waals surface area contributed by atoms with Crippen LogP contribution in [0.5, 0.6) is 0 Å². The monoisotopic (exact) mass is 572 g/mol. The van der Waals surface area contributed by atoms with Gasteiger partial charge < -0.3 is 8.83 Å². The fraction of sp³-hybridized carbons (Fsp3) is 0.105. The molecule has 0 aliphatic heterocycles. The molecule has 7 aromatic rings. The highest BCUT2D eigenvalue weighted by Gasteiger charge is 2.19. The first-order valence-electron chi connectivity index (χ1n) is 14.8. The van der Waals surface area contributed by atoms with E-state index in [4.69, 9.17) is 8.83 Å². The summed E-state index contributed by atoms with van der Waals surface area (Å²) >= 11 is 0. The van der Waals surface area contributed by atoms with Crippen molar-refractivity contribution < 1.29 is 8.83 Å². The molecular formula is C38H28N4O2. The van der Waals surface area contributed by atoms with Crippen molar-refractivity contribution in [3.63, 3.8) is 0 Å². The normalized spacial score (nSPS) is 12.5. The number of benzene rings is 5. The van der Waals surface area contributed by atoms with Gasteiger partial charge in [0.15, 0.2) is 0 Å². The molecule has 1 aliphatic rings. The van der Waals surface area contributed by atoms with E-state index in [2.05, 4.69) is 107 Å². The van der Waals surface area contributed by atoms with Crippen LogP contribution in [0, 0.1) is 13.8 Å². The highest BCUT2D eigenvalue weighted by atomic mass is 16.4. The highest BCUT2D eigenvalue weighted by molar-refractivity contribution is 5.94. The van der Waals surface area contributed by atoms with Crippen molar-refractivity contribution in [3.8, 4) is 56.9 Å². The van der Waals surface area contributed by atoms with Crippen LogP contribution in [-0.4, -0.2) is 20.4 Å². The second-order valence-corrected chi connectivity index (χ2v) is 11.2. The maximum Gasteiger partial charge on any atom is 0.248 e. The van der Waals surface area contributed by atoms with Crippen molar-refractivity contribution in [2.45, 2.75) is 26.7 Å². The standard InChI is InChI=1S/C38H28N4O2/c1-23-21-27(17-19-29(23)35-39-41-37(43-35)33-15-7-11-25-9-3-5-13-31(25)33)28-18-20-30(24(2)22-28)36-40-42-38(44-36)34-16-8-12-26-10-4-6-14-32(26)34/h3,5-9,11-22H,4,10H2,1-2H3. The molecule has 212 valence electrons. The van der Waals surface area contributed by atoms with E-state index >= 15 is 0 Å². The topological polar surface area (TPSA) is 77.8 Å². The lowest BCUT2D eigenvalue weighted by molar-refractivity contribution is 0.583. The lowest BCUT2D eigenvalue weighted by atomic mass is 9.93. The molecule has 6 nitrogen and oxygen atoms in total. The number of rotatable bonds is 5. The number of allylic oxidation sites excluding steroid dienone is 1. The molecule has 0 saturated carbocycles. The van der Waals surface area contributed by atoms with Crippen molar-refractivity contribution in [3.05, 3.63) is 125 Å². The summed E-state index contributed by atoms with van der Waals surface area (Å²) in [6.07, 6.45) is 6.45. The summed E-state index contributed by atoms with van der Waals surface area (Å²) in [5, 5.41) is 19.8. The molecule has 8 rings (SSSR count). The highest BCUT2D eigenvalue weighted by Crippen LogP contribution is 2.35. The Hall–Kier alpha value is -5.62. The number of nitrogens with zero attached hydrogens (tertiary/aromatic N) is 4. The minimum Gasteiger partial charge on any atom is -0.416 e. The van der Waals surface area contributed by atoms with E-state index in [1.54, 1.807) is 0 Å². The Bertz CT molecular complexity index is 2220. The number of hydrogen-bond acceptors (Lipinski definition) is 6. The second kappa shape index (κ2) is 10.6. The number of aryl methyl sites for hydroxylation is 3. The molecule has 6 heteroatoms. The average molecular weight is 573 g/mol. The number of fused-ring (bicyclic) bond motifs is 2. The Morgan fingerprint density at radius 1 is 0.545 bits per heavy atom. The first kappa shape index (κ1) is 26.0. The van der Waals surface area contributed by atoms with E-state index in [-0.39, 0.29) is 0 Å². The Labute approximate surface area is 254 Å². The van der Waals surface area contributed by atoms with Crippen LogP contribution in [0.4, 0.5) is 0 Å². The van der Waals surface area contributed by atoms with Crippen LogP contribution in [0.15, 0.2) is 112 Å². The third kappa shape index (κ3) is 4.52. The maximum absolute atomic E-state index is 6.21. The van der Waals surface area contributed by atoms with E-state index in [9.17, 15) is 0 Å². The summed E-state index contributed by atoms with van der Waals surface area (Å²) in [5.74, 6) is 2.08. The third-order valence-corrected chi connectivity index (χ3v) is 8.41. The number of hydrogen-bond donors (Lipinski definition) is 0. The molecule has 1 aliphatic carbocycles. The minimum absolute atomic E-state index is 0.505. The summed E-state index contributed by atoms with van der Waals surface area (Å²) in [4.78, 5) is 0. The predicted molar refractivity (Wildman–Crippen MR) is 174 cm³/mol. The van der Waals surface area contributed by atoms with Gasteiger partial charge in [0, 0.05) is 22.3 Å². The van der Waals surface area contributed by atoms with Gasteiger partial charge in [-0.2, -0.15) is 0 Å². The van der Waals surface area contributed by atoms with Crippen LogP contribution in [0.2, 0.25) is 0 Å². The molecule has 2 aromatic heterocycles. The summed E-state index contributed by atoms with van der Waals surface area (Å²) in [7, 11) is 0. The summed E-state index contributed by atoms with van der Waals surface area (Å²) in [6.45, 7) is 4.14. The van der Waals surface area contributed by atoms with Crippen LogP contribution in [0.25, 0.3) is 73.8 Å². The molecule has 2 heterocycles. The third-order valence-electron chi connectivity index (χ3n) is 8.41. The van der Waals surface area contributed by atoms with Gasteiger partial charge in [0.25, 0.3) is 0 Å². The fourth-order valence-corrected chi connectivity index (χ4v) is 6.11. The van der Waals surface area contributed by atoms with Gasteiger partial charge in [0.1, 0.15) is 0 Å². The lowest BCUT2D eigenvalue weighted by Crippen LogP contribution is -1.96. The maximum atomic E-state index is 6.21. The quantitative estimate of drug-likeness (QED) is 0.204. The molecule has 5 aromatic carbocycles. The van der Waals surface area contributed by atoms with Gasteiger partial charge in [-0.05, 0) is 95.1 Å². The molecule has 0 atom stereocenters. The Kier molecular flexibility index (Phi) is 6.26. The zero-order valence-corrected chi connectivity index (χ0v) is 24.4. The lowest BCUT2D eigenvalue weighted by Gasteiger charge is -2.12. The Morgan fingerprint density at radius 3 is 1.80 bits per heavy atom. The fourth-order valence-electron chi connectivity index (χ4n) is 6.11. The largest absolute Gasteiger partial charge is 0.416 e. The summed E-state index contributed by atoms with van der Waals surface area (Å²) in [6, 6.07) is 33.2. The van der Waals surface area contributed by atoms with Gasteiger partial charge in [-0.3, -0.25) is 0 Å². The van der Waals surface area contributed by atoms with Gasteiger partial charge in [-0.1, -0.05) is 84.9 Å². The second-order valence-electron chi connectivity index (χ2n) is 11.2. The summed E-state index contributed by atoms with van der Waals surface area (Å²) < 4.78 is 12.4. The summed E-state index contributed by atoms with van der Waals surface area (Å²) in [5.41, 5.74) is 10.6. The first-order chi connectivity index (χ1) is 21.6. The molecule has 0 radical (unpaired) electrons. The molecule has 44 heavy (non-hydrogen) atoms. The zero-order valence-electron chi connectivity index (χ0n) is 24.4. The van der Waals surface area contributed by atoms with Gasteiger partial charge in [0.2, 0.25) is 23.6 Å². The Morgan fingerprint density at radius 2 is 1.11 bits per heavy atom. The van der Waals surface area contributed by atoms with Gasteiger partial charge in [0.05, 0.1) is 0 Å². The van der Waals surface area contributed by atoms with E-state index in [0.717, 1.165) is 68.1 Å². The molecule has 0 saturated heterocycles. The van der Waals surface area contributed by atoms with Crippen molar-refractivity contribution in [2.75, 3.05) is 0 Å². The van der Waals surface area contributed by atoms with Crippen LogP contribution >= 0.6 is 0 Å². The van der Waals surface area contributed by atoms with Crippen LogP contribution in [0.1, 0.15) is 28.7 Å². The Balaban J connectivity index is 1.06. The molecule has 0 fully saturated rings. The van der Waals surface area contributed by atoms with Gasteiger partial charge in [-0.15, -0.1) is 20.4 Å². The van der Waals surface area contributed by atoms with E-state index in [0.29, 0.717) is 23.6 Å². The van der Waals surface area contributed by atoms with Crippen molar-refractivity contribution in [1.29, 1.82) is 0 Å². The van der Waals surface area contributed by atoms with Crippen molar-refractivity contribution in [2.24, 2.45) is 0 Å². The van der Waals surface area contributed by atoms with E-state index in [1.807, 2.05) is 36.4 Å².